The van der Waals surface area contributed by atoms with Crippen molar-refractivity contribution >= 4 is 32.8 Å². The van der Waals surface area contributed by atoms with Crippen molar-refractivity contribution in [2.75, 3.05) is 6.61 Å². The lowest BCUT2D eigenvalue weighted by molar-refractivity contribution is 0.0524. The van der Waals surface area contributed by atoms with E-state index in [1.54, 1.807) is 6.92 Å². The lowest BCUT2D eigenvalue weighted by Gasteiger charge is -2.04. The SMILES string of the molecule is CCOC(=O)c1cc2cc(F)c(Br)cc2[nH]c1=O. The van der Waals surface area contributed by atoms with E-state index in [1.807, 2.05) is 0 Å². The number of carbonyl (C=O) groups excluding carboxylic acids is 1. The molecule has 0 saturated carbocycles. The van der Waals surface area contributed by atoms with Crippen molar-refractivity contribution in [2.45, 2.75) is 6.92 Å². The van der Waals surface area contributed by atoms with Gasteiger partial charge in [0.2, 0.25) is 0 Å². The molecular weight excluding hydrogens is 305 g/mol. The Morgan fingerprint density at radius 2 is 2.17 bits per heavy atom. The van der Waals surface area contributed by atoms with Crippen molar-refractivity contribution in [1.82, 2.24) is 4.98 Å². The second-order valence-corrected chi connectivity index (χ2v) is 4.44. The Morgan fingerprint density at radius 1 is 1.44 bits per heavy atom. The smallest absolute Gasteiger partial charge is 0.343 e. The van der Waals surface area contributed by atoms with Gasteiger partial charge in [0.1, 0.15) is 11.4 Å². The topological polar surface area (TPSA) is 59.2 Å². The molecule has 2 aromatic rings. The lowest BCUT2D eigenvalue weighted by atomic mass is 10.1. The molecule has 18 heavy (non-hydrogen) atoms. The van der Waals surface area contributed by atoms with Crippen LogP contribution in [-0.2, 0) is 4.74 Å². The Balaban J connectivity index is 2.65. The molecule has 94 valence electrons. The molecule has 6 heteroatoms. The molecule has 1 N–H and O–H groups in total. The van der Waals surface area contributed by atoms with Crippen molar-refractivity contribution in [3.8, 4) is 0 Å². The molecular formula is C12H9BrFNO3. The highest BCUT2D eigenvalue weighted by Crippen LogP contribution is 2.21. The van der Waals surface area contributed by atoms with Crippen molar-refractivity contribution < 1.29 is 13.9 Å². The molecule has 0 saturated heterocycles. The van der Waals surface area contributed by atoms with E-state index >= 15 is 0 Å². The fourth-order valence-corrected chi connectivity index (χ4v) is 1.90. The first-order valence-electron chi connectivity index (χ1n) is 5.22. The molecule has 0 unspecified atom stereocenters. The Morgan fingerprint density at radius 3 is 2.83 bits per heavy atom. The lowest BCUT2D eigenvalue weighted by Crippen LogP contribution is -2.19. The summed E-state index contributed by atoms with van der Waals surface area (Å²) >= 11 is 3.02. The van der Waals surface area contributed by atoms with Crippen molar-refractivity contribution in [1.29, 1.82) is 0 Å². The Labute approximate surface area is 110 Å². The predicted octanol–water partition coefficient (Wildman–Crippen LogP) is 2.61. The molecule has 0 aliphatic carbocycles. The zero-order valence-corrected chi connectivity index (χ0v) is 11.0. The number of carbonyl (C=O) groups is 1. The van der Waals surface area contributed by atoms with Crippen molar-refractivity contribution in [2.24, 2.45) is 0 Å². The number of aromatic nitrogens is 1. The number of nitrogens with one attached hydrogen (secondary N) is 1. The van der Waals surface area contributed by atoms with Crippen LogP contribution in [0.15, 0.2) is 27.5 Å². The summed E-state index contributed by atoms with van der Waals surface area (Å²) in [4.78, 5) is 25.7. The van der Waals surface area contributed by atoms with Crippen LogP contribution < -0.4 is 5.56 Å². The molecule has 0 amide bonds. The number of pyridine rings is 1. The number of ether oxygens (including phenoxy) is 1. The minimum atomic E-state index is -0.719. The van der Waals surface area contributed by atoms with Gasteiger partial charge in [-0.3, -0.25) is 4.79 Å². The van der Waals surface area contributed by atoms with Crippen LogP contribution in [0, 0.1) is 5.82 Å². The van der Waals surface area contributed by atoms with Crippen LogP contribution in [-0.4, -0.2) is 17.6 Å². The summed E-state index contributed by atoms with van der Waals surface area (Å²) in [5.74, 6) is -1.19. The van der Waals surface area contributed by atoms with Crippen LogP contribution in [0.2, 0.25) is 0 Å². The molecule has 0 aliphatic rings. The zero-order chi connectivity index (χ0) is 13.3. The number of halogens is 2. The Bertz CT molecular complexity index is 681. The number of hydrogen-bond acceptors (Lipinski definition) is 3. The third kappa shape index (κ3) is 2.28. The van der Waals surface area contributed by atoms with Crippen LogP contribution in [0.3, 0.4) is 0 Å². The number of H-pyrrole nitrogens is 1. The molecule has 0 fully saturated rings. The highest BCUT2D eigenvalue weighted by molar-refractivity contribution is 9.10. The summed E-state index contributed by atoms with van der Waals surface area (Å²) in [6, 6.07) is 4.00. The van der Waals surface area contributed by atoms with E-state index in [0.29, 0.717) is 10.9 Å². The number of aromatic amines is 1. The standard InChI is InChI=1S/C12H9BrFNO3/c1-2-18-12(17)7-3-6-4-9(14)8(13)5-10(6)15-11(7)16/h3-5H,2H2,1H3,(H,15,16). The molecule has 0 aliphatic heterocycles. The number of fused-ring (bicyclic) bond motifs is 1. The third-order valence-corrected chi connectivity index (χ3v) is 2.99. The Kier molecular flexibility index (Phi) is 3.47. The molecule has 4 nitrogen and oxygen atoms in total. The highest BCUT2D eigenvalue weighted by atomic mass is 79.9. The number of hydrogen-bond donors (Lipinski definition) is 1. The highest BCUT2D eigenvalue weighted by Gasteiger charge is 2.13. The first-order valence-corrected chi connectivity index (χ1v) is 6.01. The van der Waals surface area contributed by atoms with Gasteiger partial charge in [-0.05, 0) is 41.1 Å². The molecule has 1 aromatic heterocycles. The maximum Gasteiger partial charge on any atom is 0.343 e. The molecule has 0 bridgehead atoms. The number of benzene rings is 1. The van der Waals surface area contributed by atoms with E-state index in [4.69, 9.17) is 4.74 Å². The maximum atomic E-state index is 13.4. The van der Waals surface area contributed by atoms with E-state index in [0.717, 1.165) is 0 Å². The van der Waals surface area contributed by atoms with Gasteiger partial charge < -0.3 is 9.72 Å². The predicted molar refractivity (Wildman–Crippen MR) is 68.2 cm³/mol. The summed E-state index contributed by atoms with van der Waals surface area (Å²) < 4.78 is 18.4. The summed E-state index contributed by atoms with van der Waals surface area (Å²) in [6.07, 6.45) is 0. The maximum absolute atomic E-state index is 13.4. The van der Waals surface area contributed by atoms with Gasteiger partial charge in [-0.25, -0.2) is 9.18 Å². The molecule has 0 atom stereocenters. The molecule has 1 heterocycles. The zero-order valence-electron chi connectivity index (χ0n) is 9.42. The van der Waals surface area contributed by atoms with Gasteiger partial charge in [0, 0.05) is 10.9 Å². The summed E-state index contributed by atoms with van der Waals surface area (Å²) in [5.41, 5.74) is -0.244. The first kappa shape index (κ1) is 12.8. The fourth-order valence-electron chi connectivity index (χ4n) is 1.56. The van der Waals surface area contributed by atoms with Crippen molar-refractivity contribution in [3.05, 3.63) is 44.4 Å². The third-order valence-electron chi connectivity index (χ3n) is 2.38. The largest absolute Gasteiger partial charge is 0.462 e. The van der Waals surface area contributed by atoms with Crippen LogP contribution in [0.5, 0.6) is 0 Å². The second kappa shape index (κ2) is 4.89. The van der Waals surface area contributed by atoms with Crippen molar-refractivity contribution in [3.63, 3.8) is 0 Å². The number of rotatable bonds is 2. The average Bonchev–Trinajstić information content (AvgIpc) is 2.31. The minimum absolute atomic E-state index is 0.133. The second-order valence-electron chi connectivity index (χ2n) is 3.59. The van der Waals surface area contributed by atoms with E-state index in [1.165, 1.54) is 18.2 Å². The summed E-state index contributed by atoms with van der Waals surface area (Å²) in [7, 11) is 0. The minimum Gasteiger partial charge on any atom is -0.462 e. The quantitative estimate of drug-likeness (QED) is 0.867. The van der Waals surface area contributed by atoms with E-state index in [2.05, 4.69) is 20.9 Å². The fraction of sp³-hybridized carbons (Fsp3) is 0.167. The van der Waals surface area contributed by atoms with Crippen LogP contribution in [0.25, 0.3) is 10.9 Å². The molecule has 1 aromatic carbocycles. The Hall–Kier alpha value is -1.69. The summed E-state index contributed by atoms with van der Waals surface area (Å²) in [6.45, 7) is 1.81. The van der Waals surface area contributed by atoms with Gasteiger partial charge >= 0.3 is 5.97 Å². The number of esters is 1. The molecule has 0 radical (unpaired) electrons. The van der Waals surface area contributed by atoms with Crippen LogP contribution in [0.4, 0.5) is 4.39 Å². The normalized spacial score (nSPS) is 10.6. The van der Waals surface area contributed by atoms with E-state index in [9.17, 15) is 14.0 Å². The van der Waals surface area contributed by atoms with Gasteiger partial charge in [0.25, 0.3) is 5.56 Å². The van der Waals surface area contributed by atoms with Gasteiger partial charge in [-0.2, -0.15) is 0 Å². The van der Waals surface area contributed by atoms with Gasteiger partial charge in [0.05, 0.1) is 11.1 Å². The molecule has 0 spiro atoms. The van der Waals surface area contributed by atoms with Gasteiger partial charge in [-0.15, -0.1) is 0 Å². The average molecular weight is 314 g/mol. The van der Waals surface area contributed by atoms with Gasteiger partial charge in [-0.1, -0.05) is 0 Å². The summed E-state index contributed by atoms with van der Waals surface area (Å²) in [5, 5.41) is 0.429. The van der Waals surface area contributed by atoms with Gasteiger partial charge in [0.15, 0.2) is 0 Å². The molecule has 2 rings (SSSR count). The van der Waals surface area contributed by atoms with Crippen LogP contribution in [0.1, 0.15) is 17.3 Å². The van der Waals surface area contributed by atoms with E-state index < -0.39 is 17.3 Å². The van der Waals surface area contributed by atoms with Crippen LogP contribution >= 0.6 is 15.9 Å². The van der Waals surface area contributed by atoms with E-state index in [-0.39, 0.29) is 16.6 Å². The first-order chi connectivity index (χ1) is 8.52. The monoisotopic (exact) mass is 313 g/mol.